The Hall–Kier alpha value is -1.73. The molecule has 0 aromatic heterocycles. The Kier molecular flexibility index (Phi) is 3.42. The van der Waals surface area contributed by atoms with Crippen molar-refractivity contribution in [1.82, 2.24) is 0 Å². The minimum Gasteiger partial charge on any atom is -0.493 e. The number of nitriles is 1. The summed E-state index contributed by atoms with van der Waals surface area (Å²) in [6.07, 6.45) is 0. The van der Waals surface area contributed by atoms with Gasteiger partial charge < -0.3 is 14.2 Å². The van der Waals surface area contributed by atoms with Gasteiger partial charge in [0.1, 0.15) is 0 Å². The van der Waals surface area contributed by atoms with Crippen molar-refractivity contribution in [3.8, 4) is 17.6 Å². The number of rotatable bonds is 4. The average Bonchev–Trinajstić information content (AvgIpc) is 2.36. The minimum atomic E-state index is -0.495. The molecule has 4 nitrogen and oxygen atoms in total. The van der Waals surface area contributed by atoms with E-state index in [9.17, 15) is 5.26 Å². The molecule has 4 heteroatoms. The third kappa shape index (κ3) is 1.95. The topological polar surface area (TPSA) is 51.5 Å². The van der Waals surface area contributed by atoms with E-state index in [0.717, 1.165) is 5.56 Å². The van der Waals surface area contributed by atoms with E-state index in [1.165, 1.54) is 0 Å². The van der Waals surface area contributed by atoms with E-state index in [4.69, 9.17) is 14.2 Å². The van der Waals surface area contributed by atoms with Crippen molar-refractivity contribution in [2.24, 2.45) is 5.41 Å². The first-order valence-electron chi connectivity index (χ1n) is 6.22. The van der Waals surface area contributed by atoms with Crippen LogP contribution in [0.1, 0.15) is 19.4 Å². The highest BCUT2D eigenvalue weighted by Crippen LogP contribution is 2.48. The summed E-state index contributed by atoms with van der Waals surface area (Å²) < 4.78 is 16.0. The third-order valence-corrected chi connectivity index (χ3v) is 4.11. The molecule has 102 valence electrons. The molecule has 19 heavy (non-hydrogen) atoms. The minimum absolute atomic E-state index is 0.276. The maximum absolute atomic E-state index is 9.42. The van der Waals surface area contributed by atoms with Crippen LogP contribution in [0.5, 0.6) is 11.5 Å². The van der Waals surface area contributed by atoms with E-state index in [1.807, 2.05) is 32.0 Å². The fourth-order valence-electron chi connectivity index (χ4n) is 2.44. The molecule has 1 aromatic rings. The zero-order valence-corrected chi connectivity index (χ0v) is 11.8. The first kappa shape index (κ1) is 13.7. The van der Waals surface area contributed by atoms with Gasteiger partial charge in [-0.1, -0.05) is 6.07 Å². The monoisotopic (exact) mass is 261 g/mol. The molecule has 0 saturated carbocycles. The van der Waals surface area contributed by atoms with Crippen LogP contribution in [-0.4, -0.2) is 27.4 Å². The molecule has 0 spiro atoms. The van der Waals surface area contributed by atoms with E-state index in [0.29, 0.717) is 24.7 Å². The second-order valence-corrected chi connectivity index (χ2v) is 5.38. The maximum Gasteiger partial charge on any atom is 0.161 e. The second-order valence-electron chi connectivity index (χ2n) is 5.38. The number of hydrogen-bond donors (Lipinski definition) is 0. The summed E-state index contributed by atoms with van der Waals surface area (Å²) in [5.41, 5.74) is 0.287. The predicted octanol–water partition coefficient (Wildman–Crippen LogP) is 2.52. The molecule has 0 aliphatic carbocycles. The van der Waals surface area contributed by atoms with Crippen LogP contribution in [0, 0.1) is 16.7 Å². The molecule has 2 rings (SSSR count). The zero-order valence-electron chi connectivity index (χ0n) is 11.8. The molecular formula is C15H19NO3. The van der Waals surface area contributed by atoms with E-state index in [1.54, 1.807) is 14.2 Å². The quantitative estimate of drug-likeness (QED) is 0.835. The van der Waals surface area contributed by atoms with Gasteiger partial charge in [0.2, 0.25) is 0 Å². The van der Waals surface area contributed by atoms with Crippen molar-refractivity contribution >= 4 is 0 Å². The predicted molar refractivity (Wildman–Crippen MR) is 71.4 cm³/mol. The normalized spacial score (nSPS) is 17.2. The van der Waals surface area contributed by atoms with Crippen LogP contribution in [0.2, 0.25) is 0 Å². The number of benzene rings is 1. The molecule has 0 radical (unpaired) electrons. The van der Waals surface area contributed by atoms with Crippen molar-refractivity contribution < 1.29 is 14.2 Å². The van der Waals surface area contributed by atoms with E-state index < -0.39 is 5.41 Å². The first-order valence-corrected chi connectivity index (χ1v) is 6.22. The lowest BCUT2D eigenvalue weighted by Gasteiger charge is -2.49. The lowest BCUT2D eigenvalue weighted by molar-refractivity contribution is -0.102. The van der Waals surface area contributed by atoms with E-state index in [2.05, 4.69) is 6.07 Å². The Morgan fingerprint density at radius 3 is 2.26 bits per heavy atom. The molecule has 0 unspecified atom stereocenters. The van der Waals surface area contributed by atoms with E-state index >= 15 is 0 Å². The van der Waals surface area contributed by atoms with Crippen LogP contribution in [0.15, 0.2) is 18.2 Å². The summed E-state index contributed by atoms with van der Waals surface area (Å²) in [4.78, 5) is 0. The Morgan fingerprint density at radius 2 is 1.84 bits per heavy atom. The molecule has 0 atom stereocenters. The maximum atomic E-state index is 9.42. The number of nitrogens with zero attached hydrogens (tertiary/aromatic N) is 1. The average molecular weight is 261 g/mol. The summed E-state index contributed by atoms with van der Waals surface area (Å²) in [5.74, 6) is 1.37. The van der Waals surface area contributed by atoms with Gasteiger partial charge in [-0.3, -0.25) is 0 Å². The smallest absolute Gasteiger partial charge is 0.161 e. The molecule has 1 aliphatic heterocycles. The Balaban J connectivity index is 2.49. The molecule has 0 amide bonds. The van der Waals surface area contributed by atoms with Crippen LogP contribution >= 0.6 is 0 Å². The van der Waals surface area contributed by atoms with Crippen molar-refractivity contribution in [3.63, 3.8) is 0 Å². The second kappa shape index (κ2) is 4.75. The lowest BCUT2D eigenvalue weighted by Crippen LogP contribution is -2.56. The van der Waals surface area contributed by atoms with Gasteiger partial charge in [0.15, 0.2) is 11.5 Å². The van der Waals surface area contributed by atoms with Crippen molar-refractivity contribution in [2.45, 2.75) is 19.3 Å². The summed E-state index contributed by atoms with van der Waals surface area (Å²) in [5, 5.41) is 9.42. The van der Waals surface area contributed by atoms with E-state index in [-0.39, 0.29) is 5.41 Å². The van der Waals surface area contributed by atoms with Gasteiger partial charge in [-0.2, -0.15) is 5.26 Å². The summed E-state index contributed by atoms with van der Waals surface area (Å²) >= 11 is 0. The van der Waals surface area contributed by atoms with Gasteiger partial charge in [-0.25, -0.2) is 0 Å². The standard InChI is InChI=1S/C15H19NO3/c1-14(2,8-16)15(9-19-10-15)11-5-6-12(17-3)13(7-11)18-4/h5-7H,9-10H2,1-4H3. The molecule has 0 N–H and O–H groups in total. The Morgan fingerprint density at radius 1 is 1.21 bits per heavy atom. The van der Waals surface area contributed by atoms with Crippen molar-refractivity contribution in [1.29, 1.82) is 5.26 Å². The molecule has 1 aliphatic rings. The van der Waals surface area contributed by atoms with Crippen molar-refractivity contribution in [2.75, 3.05) is 27.4 Å². The highest BCUT2D eigenvalue weighted by molar-refractivity contribution is 5.47. The molecular weight excluding hydrogens is 242 g/mol. The van der Waals surface area contributed by atoms with Crippen LogP contribution < -0.4 is 9.47 Å². The van der Waals surface area contributed by atoms with Gasteiger partial charge >= 0.3 is 0 Å². The van der Waals surface area contributed by atoms with Gasteiger partial charge in [0.25, 0.3) is 0 Å². The van der Waals surface area contributed by atoms with Gasteiger partial charge in [0.05, 0.1) is 44.3 Å². The highest BCUT2D eigenvalue weighted by atomic mass is 16.5. The molecule has 0 bridgehead atoms. The van der Waals surface area contributed by atoms with Crippen LogP contribution in [0.4, 0.5) is 0 Å². The van der Waals surface area contributed by atoms with Crippen LogP contribution in [0.3, 0.4) is 0 Å². The first-order chi connectivity index (χ1) is 9.00. The van der Waals surface area contributed by atoms with Gasteiger partial charge in [-0.05, 0) is 31.5 Å². The molecule has 1 heterocycles. The SMILES string of the molecule is COc1ccc(C2(C(C)(C)C#N)COC2)cc1OC. The number of hydrogen-bond acceptors (Lipinski definition) is 4. The largest absolute Gasteiger partial charge is 0.493 e. The fraction of sp³-hybridized carbons (Fsp3) is 0.533. The van der Waals surface area contributed by atoms with Gasteiger partial charge in [0, 0.05) is 0 Å². The van der Waals surface area contributed by atoms with Crippen molar-refractivity contribution in [3.05, 3.63) is 23.8 Å². The van der Waals surface area contributed by atoms with Crippen LogP contribution in [-0.2, 0) is 10.2 Å². The summed E-state index contributed by atoms with van der Waals surface area (Å²) in [7, 11) is 3.22. The number of methoxy groups -OCH3 is 2. The zero-order chi connectivity index (χ0) is 14.1. The highest BCUT2D eigenvalue weighted by Gasteiger charge is 2.52. The Bertz CT molecular complexity index is 513. The molecule has 1 saturated heterocycles. The van der Waals surface area contributed by atoms with Crippen LogP contribution in [0.25, 0.3) is 0 Å². The fourth-order valence-corrected chi connectivity index (χ4v) is 2.44. The number of ether oxygens (including phenoxy) is 3. The van der Waals surface area contributed by atoms with Gasteiger partial charge in [-0.15, -0.1) is 0 Å². The summed E-state index contributed by atoms with van der Waals surface area (Å²) in [6.45, 7) is 5.02. The Labute approximate surface area is 113 Å². The third-order valence-electron chi connectivity index (χ3n) is 4.11. The lowest BCUT2D eigenvalue weighted by atomic mass is 9.61. The molecule has 1 fully saturated rings. The molecule has 1 aromatic carbocycles. The summed E-state index contributed by atoms with van der Waals surface area (Å²) in [6, 6.07) is 8.21.